The van der Waals surface area contributed by atoms with Crippen LogP contribution in [0.5, 0.6) is 5.75 Å². The summed E-state index contributed by atoms with van der Waals surface area (Å²) < 4.78 is 7.16. The van der Waals surface area contributed by atoms with E-state index in [0.717, 1.165) is 33.2 Å². The summed E-state index contributed by atoms with van der Waals surface area (Å²) in [5, 5.41) is 4.83. The molecule has 0 fully saturated rings. The van der Waals surface area contributed by atoms with Crippen LogP contribution in [-0.2, 0) is 11.2 Å². The second kappa shape index (κ2) is 7.20. The van der Waals surface area contributed by atoms with Gasteiger partial charge in [-0.25, -0.2) is 9.97 Å². The van der Waals surface area contributed by atoms with E-state index in [9.17, 15) is 4.79 Å². The van der Waals surface area contributed by atoms with Crippen LogP contribution >= 0.6 is 11.3 Å². The van der Waals surface area contributed by atoms with Gasteiger partial charge >= 0.3 is 0 Å². The number of fused-ring (bicyclic) bond motifs is 1. The highest BCUT2D eigenvalue weighted by Gasteiger charge is 2.13. The van der Waals surface area contributed by atoms with E-state index in [-0.39, 0.29) is 12.3 Å². The Balaban J connectivity index is 1.55. The Labute approximate surface area is 160 Å². The quantitative estimate of drug-likeness (QED) is 0.571. The number of nitrogens with zero attached hydrogens (tertiary/aromatic N) is 3. The molecule has 0 aliphatic rings. The second-order valence-electron chi connectivity index (χ2n) is 6.13. The van der Waals surface area contributed by atoms with E-state index in [1.165, 1.54) is 11.3 Å². The van der Waals surface area contributed by atoms with Crippen molar-refractivity contribution < 1.29 is 9.53 Å². The van der Waals surface area contributed by atoms with Crippen LogP contribution in [0.3, 0.4) is 0 Å². The molecule has 6 nitrogen and oxygen atoms in total. The molecule has 1 aromatic carbocycles. The number of rotatable bonds is 5. The zero-order valence-corrected chi connectivity index (χ0v) is 15.8. The summed E-state index contributed by atoms with van der Waals surface area (Å²) in [5.74, 6) is 1.30. The molecule has 4 aromatic rings. The van der Waals surface area contributed by atoms with Crippen LogP contribution in [0.15, 0.2) is 54.2 Å². The highest BCUT2D eigenvalue weighted by molar-refractivity contribution is 7.15. The Kier molecular flexibility index (Phi) is 4.60. The summed E-state index contributed by atoms with van der Waals surface area (Å²) in [5.41, 5.74) is 3.71. The SMILES string of the molecule is COc1ccc(-c2cn3c(CC(=O)Nc4ncccc4C)csc3n2)cc1. The number of hydrogen-bond donors (Lipinski definition) is 1. The van der Waals surface area contributed by atoms with Crippen LogP contribution in [0, 0.1) is 6.92 Å². The van der Waals surface area contributed by atoms with Crippen LogP contribution in [0.4, 0.5) is 5.82 Å². The first-order chi connectivity index (χ1) is 13.1. The van der Waals surface area contributed by atoms with E-state index in [1.807, 2.05) is 59.3 Å². The minimum absolute atomic E-state index is 0.101. The number of benzene rings is 1. The number of methoxy groups -OCH3 is 1. The van der Waals surface area contributed by atoms with E-state index < -0.39 is 0 Å². The van der Waals surface area contributed by atoms with Gasteiger partial charge in [-0.05, 0) is 42.8 Å². The van der Waals surface area contributed by atoms with Gasteiger partial charge in [-0.2, -0.15) is 0 Å². The molecule has 1 amide bonds. The predicted molar refractivity (Wildman–Crippen MR) is 106 cm³/mol. The van der Waals surface area contributed by atoms with Crippen molar-refractivity contribution >= 4 is 28.0 Å². The molecule has 0 bridgehead atoms. The number of aromatic nitrogens is 3. The smallest absolute Gasteiger partial charge is 0.231 e. The fourth-order valence-corrected chi connectivity index (χ4v) is 3.69. The summed E-state index contributed by atoms with van der Waals surface area (Å²) in [6.45, 7) is 1.92. The van der Waals surface area contributed by atoms with E-state index >= 15 is 0 Å². The van der Waals surface area contributed by atoms with E-state index in [0.29, 0.717) is 5.82 Å². The van der Waals surface area contributed by atoms with Gasteiger partial charge in [0, 0.05) is 29.0 Å². The number of amides is 1. The number of thiazole rings is 1. The average Bonchev–Trinajstić information content (AvgIpc) is 3.26. The highest BCUT2D eigenvalue weighted by atomic mass is 32.1. The topological polar surface area (TPSA) is 68.5 Å². The van der Waals surface area contributed by atoms with Crippen molar-refractivity contribution in [3.8, 4) is 17.0 Å². The number of pyridine rings is 1. The lowest BCUT2D eigenvalue weighted by atomic mass is 10.2. The number of nitrogens with one attached hydrogen (secondary N) is 1. The van der Waals surface area contributed by atoms with Gasteiger partial charge in [0.2, 0.25) is 5.91 Å². The lowest BCUT2D eigenvalue weighted by Gasteiger charge is -2.06. The minimum atomic E-state index is -0.101. The molecular weight excluding hydrogens is 360 g/mol. The molecule has 0 saturated carbocycles. The van der Waals surface area contributed by atoms with Gasteiger partial charge in [-0.1, -0.05) is 6.07 Å². The molecule has 0 unspecified atom stereocenters. The van der Waals surface area contributed by atoms with Gasteiger partial charge in [0.05, 0.1) is 19.2 Å². The first-order valence-electron chi connectivity index (χ1n) is 8.45. The van der Waals surface area contributed by atoms with Gasteiger partial charge in [0.25, 0.3) is 0 Å². The van der Waals surface area contributed by atoms with Crippen molar-refractivity contribution in [3.05, 3.63) is 65.4 Å². The van der Waals surface area contributed by atoms with Gasteiger partial charge in [0.15, 0.2) is 4.96 Å². The first kappa shape index (κ1) is 17.2. The molecule has 7 heteroatoms. The molecule has 0 aliphatic heterocycles. The Bertz CT molecular complexity index is 1100. The Morgan fingerprint density at radius 3 is 2.81 bits per heavy atom. The largest absolute Gasteiger partial charge is 0.497 e. The number of ether oxygens (including phenoxy) is 1. The fourth-order valence-electron chi connectivity index (χ4n) is 2.81. The third-order valence-electron chi connectivity index (χ3n) is 4.28. The first-order valence-corrected chi connectivity index (χ1v) is 9.33. The number of aryl methyl sites for hydroxylation is 1. The van der Waals surface area contributed by atoms with Crippen molar-refractivity contribution in [3.63, 3.8) is 0 Å². The zero-order valence-electron chi connectivity index (χ0n) is 15.0. The standard InChI is InChI=1S/C20H18N4O2S/c1-13-4-3-9-21-19(13)23-18(25)10-15-12-27-20-22-17(11-24(15)20)14-5-7-16(26-2)8-6-14/h3-9,11-12H,10H2,1-2H3,(H,21,23,25). The number of imidazole rings is 1. The Hall–Kier alpha value is -3.19. The zero-order chi connectivity index (χ0) is 18.8. The van der Waals surface area contributed by atoms with Gasteiger partial charge in [-0.3, -0.25) is 9.20 Å². The Morgan fingerprint density at radius 1 is 1.26 bits per heavy atom. The number of hydrogen-bond acceptors (Lipinski definition) is 5. The number of anilines is 1. The van der Waals surface area contributed by atoms with E-state index in [4.69, 9.17) is 4.74 Å². The van der Waals surface area contributed by atoms with E-state index in [2.05, 4.69) is 15.3 Å². The molecule has 0 saturated heterocycles. The van der Waals surface area contributed by atoms with Crippen LogP contribution < -0.4 is 10.1 Å². The van der Waals surface area contributed by atoms with E-state index in [1.54, 1.807) is 13.3 Å². The van der Waals surface area contributed by atoms with Crippen molar-refractivity contribution in [2.24, 2.45) is 0 Å². The summed E-state index contributed by atoms with van der Waals surface area (Å²) >= 11 is 1.52. The molecule has 0 spiro atoms. The molecule has 0 aliphatic carbocycles. The molecule has 3 aromatic heterocycles. The molecule has 4 rings (SSSR count). The fraction of sp³-hybridized carbons (Fsp3) is 0.150. The highest BCUT2D eigenvalue weighted by Crippen LogP contribution is 2.25. The maximum Gasteiger partial charge on any atom is 0.231 e. The Morgan fingerprint density at radius 2 is 2.07 bits per heavy atom. The molecular formula is C20H18N4O2S. The van der Waals surface area contributed by atoms with Crippen molar-refractivity contribution in [1.29, 1.82) is 0 Å². The summed E-state index contributed by atoms with van der Waals surface area (Å²) in [7, 11) is 1.64. The molecule has 27 heavy (non-hydrogen) atoms. The summed E-state index contributed by atoms with van der Waals surface area (Å²) in [4.78, 5) is 22.2. The maximum atomic E-state index is 12.4. The van der Waals surface area contributed by atoms with Crippen LogP contribution in [0.25, 0.3) is 16.2 Å². The third kappa shape index (κ3) is 3.54. The van der Waals surface area contributed by atoms with Crippen LogP contribution in [0.2, 0.25) is 0 Å². The molecule has 0 radical (unpaired) electrons. The van der Waals surface area contributed by atoms with Crippen molar-refractivity contribution in [2.45, 2.75) is 13.3 Å². The van der Waals surface area contributed by atoms with Gasteiger partial charge in [0.1, 0.15) is 11.6 Å². The van der Waals surface area contributed by atoms with Gasteiger partial charge in [-0.15, -0.1) is 11.3 Å². The number of carbonyl (C=O) groups is 1. The lowest BCUT2D eigenvalue weighted by molar-refractivity contribution is -0.115. The lowest BCUT2D eigenvalue weighted by Crippen LogP contribution is -2.16. The summed E-state index contributed by atoms with van der Waals surface area (Å²) in [6, 6.07) is 11.5. The second-order valence-corrected chi connectivity index (χ2v) is 6.96. The molecule has 1 N–H and O–H groups in total. The van der Waals surface area contributed by atoms with Crippen LogP contribution in [-0.4, -0.2) is 27.4 Å². The minimum Gasteiger partial charge on any atom is -0.497 e. The van der Waals surface area contributed by atoms with Crippen molar-refractivity contribution in [1.82, 2.24) is 14.4 Å². The predicted octanol–water partition coefficient (Wildman–Crippen LogP) is 3.96. The monoisotopic (exact) mass is 378 g/mol. The van der Waals surface area contributed by atoms with Gasteiger partial charge < -0.3 is 10.1 Å². The van der Waals surface area contributed by atoms with Crippen molar-refractivity contribution in [2.75, 3.05) is 12.4 Å². The average molecular weight is 378 g/mol. The summed E-state index contributed by atoms with van der Waals surface area (Å²) in [6.07, 6.45) is 3.89. The molecule has 136 valence electrons. The third-order valence-corrected chi connectivity index (χ3v) is 5.17. The maximum absolute atomic E-state index is 12.4. The molecule has 3 heterocycles. The van der Waals surface area contributed by atoms with Crippen LogP contribution in [0.1, 0.15) is 11.3 Å². The molecule has 0 atom stereocenters. The normalized spacial score (nSPS) is 10.9. The number of carbonyl (C=O) groups excluding carboxylic acids is 1.